The second-order valence-corrected chi connectivity index (χ2v) is 8.81. The maximum atomic E-state index is 12.1. The predicted octanol–water partition coefficient (Wildman–Crippen LogP) is 1.67. The molecule has 3 aromatic rings. The molecule has 0 amide bonds. The van der Waals surface area contributed by atoms with E-state index in [1.165, 1.54) is 5.56 Å². The average molecular weight is 423 g/mol. The molecule has 0 atom stereocenters. The highest BCUT2D eigenvalue weighted by atomic mass is 32.2. The van der Waals surface area contributed by atoms with Crippen LogP contribution in [0.15, 0.2) is 50.1 Å². The van der Waals surface area contributed by atoms with Crippen LogP contribution in [0.4, 0.5) is 22.9 Å². The van der Waals surface area contributed by atoms with E-state index in [0.717, 1.165) is 54.2 Å². The van der Waals surface area contributed by atoms with Gasteiger partial charge in [-0.15, -0.1) is 0 Å². The van der Waals surface area contributed by atoms with Gasteiger partial charge in [-0.25, -0.2) is 9.97 Å². The van der Waals surface area contributed by atoms with Crippen molar-refractivity contribution < 1.29 is 0 Å². The Morgan fingerprint density at radius 2 is 1.83 bits per heavy atom. The Labute approximate surface area is 178 Å². The summed E-state index contributed by atoms with van der Waals surface area (Å²) in [7, 11) is 3.62. The van der Waals surface area contributed by atoms with Crippen molar-refractivity contribution in [3.05, 3.63) is 56.6 Å². The number of benzene rings is 1. The molecule has 154 valence electrons. The molecular formula is C21H22N6O2S. The Balaban J connectivity index is 1.24. The molecule has 2 aliphatic rings. The first-order chi connectivity index (χ1) is 14.5. The fourth-order valence-corrected chi connectivity index (χ4v) is 4.92. The van der Waals surface area contributed by atoms with Gasteiger partial charge < -0.3 is 15.1 Å². The van der Waals surface area contributed by atoms with E-state index in [-0.39, 0.29) is 10.9 Å². The molecule has 1 fully saturated rings. The van der Waals surface area contributed by atoms with Crippen LogP contribution in [0.25, 0.3) is 0 Å². The summed E-state index contributed by atoms with van der Waals surface area (Å²) in [4.78, 5) is 40.0. The molecule has 5 rings (SSSR count). The number of fused-ring (bicyclic) bond motifs is 2. The number of rotatable bonds is 4. The van der Waals surface area contributed by atoms with E-state index in [4.69, 9.17) is 0 Å². The summed E-state index contributed by atoms with van der Waals surface area (Å²) in [5.41, 5.74) is 2.68. The zero-order valence-electron chi connectivity index (χ0n) is 16.9. The molecule has 0 radical (unpaired) electrons. The molecule has 1 saturated heterocycles. The minimum absolute atomic E-state index is 0.353. The van der Waals surface area contributed by atoms with E-state index in [1.54, 1.807) is 29.1 Å². The third-order valence-corrected chi connectivity index (χ3v) is 6.64. The van der Waals surface area contributed by atoms with Crippen molar-refractivity contribution in [1.29, 1.82) is 0 Å². The third-order valence-electron chi connectivity index (χ3n) is 5.57. The molecule has 2 aliphatic heterocycles. The Kier molecular flexibility index (Phi) is 4.71. The summed E-state index contributed by atoms with van der Waals surface area (Å²) >= 11 is 1.63. The van der Waals surface area contributed by atoms with Crippen LogP contribution in [0.5, 0.6) is 0 Å². The fraction of sp³-hybridized carbons (Fsp3) is 0.333. The maximum absolute atomic E-state index is 12.1. The Morgan fingerprint density at radius 3 is 2.60 bits per heavy atom. The van der Waals surface area contributed by atoms with Gasteiger partial charge in [-0.2, -0.15) is 0 Å². The van der Waals surface area contributed by atoms with Crippen LogP contribution in [0, 0.1) is 0 Å². The number of nitrogens with zero attached hydrogens (tertiary/aromatic N) is 5. The fourth-order valence-electron chi connectivity index (χ4n) is 4.04. The molecule has 0 spiro atoms. The predicted molar refractivity (Wildman–Crippen MR) is 119 cm³/mol. The van der Waals surface area contributed by atoms with Crippen LogP contribution >= 0.6 is 11.8 Å². The Morgan fingerprint density at radius 1 is 1.07 bits per heavy atom. The number of hydrogen-bond donors (Lipinski definition) is 1. The van der Waals surface area contributed by atoms with Crippen molar-refractivity contribution in [2.45, 2.75) is 16.5 Å². The number of piperazine rings is 1. The minimum atomic E-state index is -0.372. The van der Waals surface area contributed by atoms with Crippen LogP contribution in [-0.2, 0) is 6.54 Å². The first-order valence-electron chi connectivity index (χ1n) is 9.88. The lowest BCUT2D eigenvalue weighted by Gasteiger charge is -2.37. The van der Waals surface area contributed by atoms with Gasteiger partial charge in [0.15, 0.2) is 5.82 Å². The first-order valence-corrected chi connectivity index (χ1v) is 10.7. The molecule has 0 unspecified atom stereocenters. The molecule has 30 heavy (non-hydrogen) atoms. The van der Waals surface area contributed by atoms with Crippen molar-refractivity contribution >= 4 is 34.6 Å². The smallest absolute Gasteiger partial charge is 0.253 e. The summed E-state index contributed by atoms with van der Waals surface area (Å²) in [6.07, 6.45) is 3.40. The second kappa shape index (κ2) is 7.41. The Hall–Kier alpha value is -2.91. The van der Waals surface area contributed by atoms with Gasteiger partial charge in [0.2, 0.25) is 0 Å². The molecule has 0 bridgehead atoms. The highest BCUT2D eigenvalue weighted by Gasteiger charge is 2.29. The summed E-state index contributed by atoms with van der Waals surface area (Å²) in [6, 6.07) is 6.46. The van der Waals surface area contributed by atoms with Gasteiger partial charge in [-0.3, -0.25) is 14.5 Å². The molecule has 3 heterocycles. The SMILES string of the molecule is CN(C)c1c(N2CCN(Cc3ccc4c(c3)Nc3nccnc3S4)CC2)c(=O)c1=O. The van der Waals surface area contributed by atoms with Gasteiger partial charge >= 0.3 is 0 Å². The van der Waals surface area contributed by atoms with Crippen molar-refractivity contribution in [2.75, 3.05) is 55.4 Å². The van der Waals surface area contributed by atoms with Crippen LogP contribution in [-0.4, -0.2) is 55.1 Å². The van der Waals surface area contributed by atoms with Gasteiger partial charge in [0.25, 0.3) is 10.9 Å². The minimum Gasteiger partial charge on any atom is -0.373 e. The lowest BCUT2D eigenvalue weighted by molar-refractivity contribution is 0.249. The number of anilines is 4. The molecule has 1 N–H and O–H groups in total. The largest absolute Gasteiger partial charge is 0.373 e. The van der Waals surface area contributed by atoms with Crippen molar-refractivity contribution in [1.82, 2.24) is 14.9 Å². The first kappa shape index (κ1) is 19.1. The van der Waals surface area contributed by atoms with Crippen LogP contribution in [0.1, 0.15) is 5.56 Å². The van der Waals surface area contributed by atoms with Crippen molar-refractivity contribution in [3.63, 3.8) is 0 Å². The second-order valence-electron chi connectivity index (χ2n) is 7.78. The summed E-state index contributed by atoms with van der Waals surface area (Å²) in [6.45, 7) is 4.02. The van der Waals surface area contributed by atoms with Gasteiger partial charge in [-0.1, -0.05) is 17.8 Å². The highest BCUT2D eigenvalue weighted by Crippen LogP contribution is 2.42. The van der Waals surface area contributed by atoms with Crippen LogP contribution < -0.4 is 26.0 Å². The normalized spacial score (nSPS) is 16.1. The lowest BCUT2D eigenvalue weighted by atomic mass is 10.1. The monoisotopic (exact) mass is 422 g/mol. The van der Waals surface area contributed by atoms with E-state index in [9.17, 15) is 9.59 Å². The zero-order chi connectivity index (χ0) is 20.8. The van der Waals surface area contributed by atoms with Gasteiger partial charge in [0, 0.05) is 64.1 Å². The highest BCUT2D eigenvalue weighted by molar-refractivity contribution is 7.99. The molecule has 9 heteroatoms. The Bertz CT molecular complexity index is 1180. The van der Waals surface area contributed by atoms with E-state index in [0.29, 0.717) is 11.4 Å². The maximum Gasteiger partial charge on any atom is 0.253 e. The standard InChI is InChI=1S/C21H22N6O2S/c1-25(2)16-17(19(29)18(16)28)27-9-7-26(8-10-27)12-13-3-4-15-14(11-13)24-20-21(30-15)23-6-5-22-20/h3-6,11H,7-10,12H2,1-2H3,(H,22,24). The molecule has 0 saturated carbocycles. The summed E-state index contributed by atoms with van der Waals surface area (Å²) < 4.78 is 0. The van der Waals surface area contributed by atoms with E-state index in [2.05, 4.69) is 43.3 Å². The number of nitrogens with one attached hydrogen (secondary N) is 1. The summed E-state index contributed by atoms with van der Waals surface area (Å²) in [5, 5.41) is 4.27. The molecule has 1 aromatic heterocycles. The van der Waals surface area contributed by atoms with E-state index >= 15 is 0 Å². The van der Waals surface area contributed by atoms with E-state index < -0.39 is 0 Å². The zero-order valence-corrected chi connectivity index (χ0v) is 17.7. The topological polar surface area (TPSA) is 81.7 Å². The molecule has 0 aliphatic carbocycles. The third kappa shape index (κ3) is 3.23. The van der Waals surface area contributed by atoms with Crippen LogP contribution in [0.2, 0.25) is 0 Å². The van der Waals surface area contributed by atoms with Crippen LogP contribution in [0.3, 0.4) is 0 Å². The van der Waals surface area contributed by atoms with Crippen molar-refractivity contribution in [3.8, 4) is 0 Å². The van der Waals surface area contributed by atoms with Gasteiger partial charge in [-0.05, 0) is 17.7 Å². The average Bonchev–Trinajstić information content (AvgIpc) is 2.75. The molecule has 2 aromatic carbocycles. The van der Waals surface area contributed by atoms with Crippen molar-refractivity contribution in [2.24, 2.45) is 0 Å². The number of hydrogen-bond acceptors (Lipinski definition) is 9. The van der Waals surface area contributed by atoms with Gasteiger partial charge in [0.05, 0.1) is 5.69 Å². The number of aromatic nitrogens is 2. The quantitative estimate of drug-likeness (QED) is 0.494. The summed E-state index contributed by atoms with van der Waals surface area (Å²) in [5.74, 6) is 0.797. The molecular weight excluding hydrogens is 400 g/mol. The molecule has 8 nitrogen and oxygen atoms in total. The van der Waals surface area contributed by atoms with Gasteiger partial charge in [0.1, 0.15) is 16.4 Å². The van der Waals surface area contributed by atoms with E-state index in [1.807, 2.05) is 14.1 Å². The lowest BCUT2D eigenvalue weighted by Crippen LogP contribution is -2.52.